The summed E-state index contributed by atoms with van der Waals surface area (Å²) < 4.78 is 4.61. The van der Waals surface area contributed by atoms with Crippen molar-refractivity contribution in [3.8, 4) is 6.07 Å². The van der Waals surface area contributed by atoms with Gasteiger partial charge >= 0.3 is 0 Å². The van der Waals surface area contributed by atoms with Gasteiger partial charge in [-0.1, -0.05) is 42.5 Å². The highest BCUT2D eigenvalue weighted by atomic mass is 15.0. The molecule has 0 aliphatic rings. The lowest BCUT2D eigenvalue weighted by Crippen LogP contribution is -2.30. The average Bonchev–Trinajstić information content (AvgIpc) is 3.22. The topological polar surface area (TPSA) is 45.0 Å². The van der Waals surface area contributed by atoms with Crippen LogP contribution in [-0.4, -0.2) is 9.38 Å². The normalized spacial score (nSPS) is 12.7. The third-order valence-electron chi connectivity index (χ3n) is 7.99. The summed E-state index contributed by atoms with van der Waals surface area (Å²) in [4.78, 5) is 4.87. The van der Waals surface area contributed by atoms with E-state index in [1.165, 1.54) is 49.2 Å². The quantitative estimate of drug-likeness (QED) is 0.156. The average molecular weight is 454 g/mol. The Kier molecular flexibility index (Phi) is 3.72. The molecule has 0 saturated carbocycles. The molecule has 0 aliphatic heterocycles. The fraction of sp³-hybridized carbons (Fsp3) is 0.194. The van der Waals surface area contributed by atoms with Gasteiger partial charge in [0.05, 0.1) is 45.9 Å². The maximum atomic E-state index is 10.1. The van der Waals surface area contributed by atoms with Gasteiger partial charge in [-0.05, 0) is 72.3 Å². The Hall–Kier alpha value is -4.23. The number of fused-ring (bicyclic) bond motifs is 7. The van der Waals surface area contributed by atoms with Gasteiger partial charge in [-0.15, -0.1) is 0 Å². The van der Waals surface area contributed by atoms with Gasteiger partial charge in [-0.2, -0.15) is 5.26 Å². The van der Waals surface area contributed by atoms with E-state index in [0.29, 0.717) is 0 Å². The summed E-state index contributed by atoms with van der Waals surface area (Å²) in [5.41, 5.74) is 8.61. The second kappa shape index (κ2) is 6.46. The number of hydrogen-bond donors (Lipinski definition) is 0. The molecule has 4 nitrogen and oxygen atoms in total. The molecule has 35 heavy (non-hydrogen) atoms. The third kappa shape index (κ3) is 2.31. The monoisotopic (exact) mass is 453 g/mol. The van der Waals surface area contributed by atoms with E-state index in [0.717, 1.165) is 27.4 Å². The molecule has 7 rings (SSSR count). The van der Waals surface area contributed by atoms with E-state index in [2.05, 4.69) is 90.5 Å². The molecule has 0 spiro atoms. The number of benzene rings is 4. The summed E-state index contributed by atoms with van der Waals surface area (Å²) in [5, 5.41) is 17.5. The fourth-order valence-corrected chi connectivity index (χ4v) is 6.29. The van der Waals surface area contributed by atoms with Gasteiger partial charge in [0.15, 0.2) is 5.52 Å². The molecule has 0 saturated heterocycles. The Labute approximate surface area is 203 Å². The zero-order chi connectivity index (χ0) is 24.2. The van der Waals surface area contributed by atoms with Crippen molar-refractivity contribution in [3.05, 3.63) is 77.6 Å². The van der Waals surface area contributed by atoms with Crippen molar-refractivity contribution in [3.63, 3.8) is 0 Å². The van der Waals surface area contributed by atoms with E-state index in [1.807, 2.05) is 20.2 Å². The van der Waals surface area contributed by atoms with Crippen molar-refractivity contribution in [2.24, 2.45) is 7.05 Å². The highest BCUT2D eigenvalue weighted by Crippen LogP contribution is 2.46. The Morgan fingerprint density at radius 2 is 1.51 bits per heavy atom. The first-order valence-corrected chi connectivity index (χ1v) is 12.0. The summed E-state index contributed by atoms with van der Waals surface area (Å²) in [7, 11) is 2.09. The second-order valence-electron chi connectivity index (χ2n) is 10.4. The van der Waals surface area contributed by atoms with Crippen LogP contribution in [0, 0.1) is 25.2 Å². The lowest BCUT2D eigenvalue weighted by atomic mass is 9.82. The van der Waals surface area contributed by atoms with Crippen LogP contribution in [0.15, 0.2) is 60.9 Å². The van der Waals surface area contributed by atoms with Crippen molar-refractivity contribution in [2.45, 2.75) is 33.1 Å². The fourth-order valence-electron chi connectivity index (χ4n) is 6.29. The first kappa shape index (κ1) is 20.2. The van der Waals surface area contributed by atoms with Gasteiger partial charge in [-0.3, -0.25) is 0 Å². The lowest BCUT2D eigenvalue weighted by Gasteiger charge is -2.20. The number of aromatic nitrogens is 3. The van der Waals surface area contributed by atoms with E-state index < -0.39 is 5.41 Å². The van der Waals surface area contributed by atoms with Crippen molar-refractivity contribution in [1.82, 2.24) is 9.38 Å². The van der Waals surface area contributed by atoms with Crippen LogP contribution in [0.2, 0.25) is 0 Å². The van der Waals surface area contributed by atoms with E-state index in [4.69, 9.17) is 4.98 Å². The van der Waals surface area contributed by atoms with Crippen LogP contribution in [0.5, 0.6) is 0 Å². The number of nitrogens with zero attached hydrogens (tertiary/aromatic N) is 4. The van der Waals surface area contributed by atoms with Crippen LogP contribution in [0.3, 0.4) is 0 Å². The standard InChI is InChI=1S/C31H25N4/c1-17-19-10-6-7-11-20(19)18(2)28-25(17)29-27-23(33-16-34(29)5)14-22(31(3,4)15-32)26-21-12-8-9-13-24(21)35(28)30(26)27/h6-14,16H,1-5H3/q+1. The number of aryl methyl sites for hydroxylation is 3. The van der Waals surface area contributed by atoms with Crippen molar-refractivity contribution < 1.29 is 4.57 Å². The molecule has 0 unspecified atom stereocenters. The van der Waals surface area contributed by atoms with Crippen LogP contribution in [0.4, 0.5) is 0 Å². The van der Waals surface area contributed by atoms with Crippen LogP contribution in [0.1, 0.15) is 30.5 Å². The van der Waals surface area contributed by atoms with Crippen LogP contribution in [0.25, 0.3) is 59.9 Å². The molecule has 0 atom stereocenters. The largest absolute Gasteiger partial charge is 0.307 e. The number of para-hydroxylation sites is 1. The maximum Gasteiger partial charge on any atom is 0.287 e. The predicted molar refractivity (Wildman–Crippen MR) is 143 cm³/mol. The first-order valence-electron chi connectivity index (χ1n) is 12.0. The minimum Gasteiger partial charge on any atom is -0.307 e. The van der Waals surface area contributed by atoms with E-state index in [-0.39, 0.29) is 0 Å². The molecule has 7 aromatic rings. The predicted octanol–water partition coefficient (Wildman–Crippen LogP) is 6.78. The van der Waals surface area contributed by atoms with Gasteiger partial charge in [0.1, 0.15) is 5.52 Å². The molecule has 4 heteroatoms. The van der Waals surface area contributed by atoms with Crippen molar-refractivity contribution in [2.75, 3.05) is 0 Å². The van der Waals surface area contributed by atoms with Crippen molar-refractivity contribution in [1.29, 1.82) is 5.26 Å². The molecule has 0 amide bonds. The van der Waals surface area contributed by atoms with E-state index in [9.17, 15) is 5.26 Å². The van der Waals surface area contributed by atoms with Gasteiger partial charge in [0, 0.05) is 10.8 Å². The summed E-state index contributed by atoms with van der Waals surface area (Å²) in [5.74, 6) is 0. The molecule has 168 valence electrons. The highest BCUT2D eigenvalue weighted by molar-refractivity contribution is 6.29. The van der Waals surface area contributed by atoms with E-state index >= 15 is 0 Å². The summed E-state index contributed by atoms with van der Waals surface area (Å²) in [6.07, 6.45) is 1.92. The number of pyridine rings is 1. The summed E-state index contributed by atoms with van der Waals surface area (Å²) >= 11 is 0. The van der Waals surface area contributed by atoms with Gasteiger partial charge in [0.2, 0.25) is 0 Å². The summed E-state index contributed by atoms with van der Waals surface area (Å²) in [6.45, 7) is 8.50. The Morgan fingerprint density at radius 1 is 0.857 bits per heavy atom. The number of nitriles is 1. The molecule has 0 bridgehead atoms. The maximum absolute atomic E-state index is 10.1. The smallest absolute Gasteiger partial charge is 0.287 e. The summed E-state index contributed by atoms with van der Waals surface area (Å²) in [6, 6.07) is 22.0. The zero-order valence-corrected chi connectivity index (χ0v) is 20.6. The van der Waals surface area contributed by atoms with Gasteiger partial charge in [-0.25, -0.2) is 4.57 Å². The second-order valence-corrected chi connectivity index (χ2v) is 10.4. The molecule has 3 aromatic heterocycles. The van der Waals surface area contributed by atoms with Crippen LogP contribution < -0.4 is 4.57 Å². The Bertz CT molecular complexity index is 2070. The minimum atomic E-state index is -0.655. The van der Waals surface area contributed by atoms with Crippen LogP contribution >= 0.6 is 0 Å². The molecular formula is C31H25N4+. The molecular weight excluding hydrogens is 428 g/mol. The Balaban J connectivity index is 1.98. The van der Waals surface area contributed by atoms with Crippen molar-refractivity contribution >= 4 is 59.9 Å². The Morgan fingerprint density at radius 3 is 2.23 bits per heavy atom. The molecule has 3 heterocycles. The number of hydrogen-bond acceptors (Lipinski definition) is 2. The number of rotatable bonds is 1. The minimum absolute atomic E-state index is 0.655. The third-order valence-corrected chi connectivity index (χ3v) is 7.99. The van der Waals surface area contributed by atoms with Gasteiger partial charge < -0.3 is 4.40 Å². The molecule has 0 radical (unpaired) electrons. The highest BCUT2D eigenvalue weighted by Gasteiger charge is 2.32. The SMILES string of the molecule is Cc1c2ccccc2c(C)c2c1c1c3c(cc(C(C)(C)C#N)c4c5ccccc5n2c43)nc[n+]1C. The lowest BCUT2D eigenvalue weighted by molar-refractivity contribution is -0.646. The van der Waals surface area contributed by atoms with E-state index in [1.54, 1.807) is 0 Å². The molecule has 4 aromatic carbocycles. The molecule has 0 N–H and O–H groups in total. The molecule has 0 aliphatic carbocycles. The van der Waals surface area contributed by atoms with Crippen LogP contribution in [-0.2, 0) is 12.5 Å². The zero-order valence-electron chi connectivity index (χ0n) is 20.6. The molecule has 0 fully saturated rings. The first-order chi connectivity index (χ1) is 16.8. The van der Waals surface area contributed by atoms with Gasteiger partial charge in [0.25, 0.3) is 6.33 Å².